The van der Waals surface area contributed by atoms with E-state index in [0.29, 0.717) is 12.5 Å². The normalized spacial score (nSPS) is 13.7. The topological polar surface area (TPSA) is 32.3 Å². The van der Waals surface area contributed by atoms with Gasteiger partial charge in [-0.05, 0) is 55.4 Å². The molecule has 0 fully saturated rings. The zero-order chi connectivity index (χ0) is 18.0. The highest BCUT2D eigenvalue weighted by Gasteiger charge is 2.20. The summed E-state index contributed by atoms with van der Waals surface area (Å²) >= 11 is 0. The first-order valence-corrected chi connectivity index (χ1v) is 9.19. The second-order valence-electron chi connectivity index (χ2n) is 7.40. The van der Waals surface area contributed by atoms with Crippen LogP contribution in [0.2, 0.25) is 0 Å². The SMILES string of the molecule is Cc1ccc2c(c1)CCCN2CC(=O)Nc1c(C)cccc1C(C)C. The van der Waals surface area contributed by atoms with Crippen molar-refractivity contribution in [3.8, 4) is 0 Å². The van der Waals surface area contributed by atoms with Gasteiger partial charge in [0.2, 0.25) is 5.91 Å². The average molecular weight is 336 g/mol. The van der Waals surface area contributed by atoms with E-state index >= 15 is 0 Å². The molecular weight excluding hydrogens is 308 g/mol. The minimum absolute atomic E-state index is 0.0598. The molecule has 0 aromatic heterocycles. The number of anilines is 2. The summed E-state index contributed by atoms with van der Waals surface area (Å²) in [6.07, 6.45) is 2.20. The summed E-state index contributed by atoms with van der Waals surface area (Å²) < 4.78 is 0. The summed E-state index contributed by atoms with van der Waals surface area (Å²) in [7, 11) is 0. The third-order valence-electron chi connectivity index (χ3n) is 4.98. The van der Waals surface area contributed by atoms with Crippen molar-refractivity contribution in [3.63, 3.8) is 0 Å². The molecule has 25 heavy (non-hydrogen) atoms. The van der Waals surface area contributed by atoms with Crippen molar-refractivity contribution in [2.24, 2.45) is 0 Å². The summed E-state index contributed by atoms with van der Waals surface area (Å²) in [6.45, 7) is 9.84. The van der Waals surface area contributed by atoms with Crippen LogP contribution in [0.3, 0.4) is 0 Å². The molecule has 1 N–H and O–H groups in total. The number of aryl methyl sites for hydroxylation is 3. The van der Waals surface area contributed by atoms with Crippen LogP contribution in [0.5, 0.6) is 0 Å². The van der Waals surface area contributed by atoms with Gasteiger partial charge < -0.3 is 10.2 Å². The Balaban J connectivity index is 1.77. The molecule has 0 saturated carbocycles. The number of benzene rings is 2. The van der Waals surface area contributed by atoms with Crippen molar-refractivity contribution in [2.45, 2.75) is 46.5 Å². The predicted molar refractivity (Wildman–Crippen MR) is 106 cm³/mol. The number of fused-ring (bicyclic) bond motifs is 1. The summed E-state index contributed by atoms with van der Waals surface area (Å²) in [6, 6.07) is 12.8. The van der Waals surface area contributed by atoms with E-state index in [-0.39, 0.29) is 5.91 Å². The highest BCUT2D eigenvalue weighted by atomic mass is 16.2. The molecule has 1 heterocycles. The Hall–Kier alpha value is -2.29. The van der Waals surface area contributed by atoms with Gasteiger partial charge in [-0.25, -0.2) is 0 Å². The largest absolute Gasteiger partial charge is 0.362 e. The highest BCUT2D eigenvalue weighted by molar-refractivity contribution is 5.95. The lowest BCUT2D eigenvalue weighted by Gasteiger charge is -2.31. The molecule has 0 radical (unpaired) electrons. The van der Waals surface area contributed by atoms with E-state index in [1.165, 1.54) is 22.4 Å². The van der Waals surface area contributed by atoms with Gasteiger partial charge in [0.15, 0.2) is 0 Å². The maximum Gasteiger partial charge on any atom is 0.243 e. The number of nitrogens with one attached hydrogen (secondary N) is 1. The first-order valence-electron chi connectivity index (χ1n) is 9.19. The molecule has 2 aromatic carbocycles. The van der Waals surface area contributed by atoms with Crippen LogP contribution in [0.1, 0.15) is 48.4 Å². The summed E-state index contributed by atoms with van der Waals surface area (Å²) in [5.41, 5.74) is 7.14. The number of hydrogen-bond donors (Lipinski definition) is 1. The molecule has 1 aliphatic rings. The lowest BCUT2D eigenvalue weighted by molar-refractivity contribution is -0.115. The monoisotopic (exact) mass is 336 g/mol. The van der Waals surface area contributed by atoms with Crippen LogP contribution >= 0.6 is 0 Å². The average Bonchev–Trinajstić information content (AvgIpc) is 2.56. The fourth-order valence-corrected chi connectivity index (χ4v) is 3.66. The third-order valence-corrected chi connectivity index (χ3v) is 4.98. The molecule has 1 amide bonds. The van der Waals surface area contributed by atoms with Gasteiger partial charge in [0.1, 0.15) is 0 Å². The van der Waals surface area contributed by atoms with Crippen LogP contribution in [0, 0.1) is 13.8 Å². The fraction of sp³-hybridized carbons (Fsp3) is 0.409. The molecule has 0 spiro atoms. The van der Waals surface area contributed by atoms with Crippen molar-refractivity contribution in [1.29, 1.82) is 0 Å². The standard InChI is InChI=1S/C22H28N2O/c1-15(2)19-9-5-7-17(4)22(19)23-21(25)14-24-12-6-8-18-13-16(3)10-11-20(18)24/h5,7,9-11,13,15H,6,8,12,14H2,1-4H3,(H,23,25). The number of carbonyl (C=O) groups excluding carboxylic acids is 1. The Labute approximate surface area is 151 Å². The van der Waals surface area contributed by atoms with Gasteiger partial charge in [-0.2, -0.15) is 0 Å². The molecule has 3 rings (SSSR count). The van der Waals surface area contributed by atoms with Crippen LogP contribution in [-0.4, -0.2) is 19.0 Å². The molecule has 3 heteroatoms. The van der Waals surface area contributed by atoms with Gasteiger partial charge in [-0.3, -0.25) is 4.79 Å². The minimum atomic E-state index is 0.0598. The molecule has 0 unspecified atom stereocenters. The smallest absolute Gasteiger partial charge is 0.243 e. The third kappa shape index (κ3) is 3.87. The molecule has 2 aromatic rings. The Morgan fingerprint density at radius 3 is 2.76 bits per heavy atom. The van der Waals surface area contributed by atoms with Gasteiger partial charge >= 0.3 is 0 Å². The Bertz CT molecular complexity index is 780. The van der Waals surface area contributed by atoms with Crippen molar-refractivity contribution in [1.82, 2.24) is 0 Å². The quantitative estimate of drug-likeness (QED) is 0.868. The maximum absolute atomic E-state index is 12.7. The lowest BCUT2D eigenvalue weighted by Crippen LogP contribution is -2.37. The molecular formula is C22H28N2O. The predicted octanol–water partition coefficient (Wildman–Crippen LogP) is 4.82. The van der Waals surface area contributed by atoms with E-state index in [4.69, 9.17) is 0 Å². The fourth-order valence-electron chi connectivity index (χ4n) is 3.66. The molecule has 1 aliphatic heterocycles. The van der Waals surface area contributed by atoms with E-state index in [0.717, 1.165) is 30.6 Å². The summed E-state index contributed by atoms with van der Waals surface area (Å²) in [5, 5.41) is 3.17. The van der Waals surface area contributed by atoms with Crippen LogP contribution in [-0.2, 0) is 11.2 Å². The van der Waals surface area contributed by atoms with Gasteiger partial charge in [0, 0.05) is 17.9 Å². The molecule has 3 nitrogen and oxygen atoms in total. The van der Waals surface area contributed by atoms with Gasteiger partial charge in [-0.1, -0.05) is 49.7 Å². The molecule has 0 saturated heterocycles. The minimum Gasteiger partial charge on any atom is -0.362 e. The lowest BCUT2D eigenvalue weighted by atomic mass is 9.98. The summed E-state index contributed by atoms with van der Waals surface area (Å²) in [5.74, 6) is 0.443. The second kappa shape index (κ2) is 7.30. The Morgan fingerprint density at radius 2 is 2.00 bits per heavy atom. The van der Waals surface area contributed by atoms with Crippen LogP contribution < -0.4 is 10.2 Å². The number of para-hydroxylation sites is 1. The van der Waals surface area contributed by atoms with Crippen molar-refractivity contribution in [3.05, 3.63) is 58.7 Å². The van der Waals surface area contributed by atoms with Crippen molar-refractivity contribution in [2.75, 3.05) is 23.3 Å². The van der Waals surface area contributed by atoms with Crippen LogP contribution in [0.15, 0.2) is 36.4 Å². The van der Waals surface area contributed by atoms with Gasteiger partial charge in [-0.15, -0.1) is 0 Å². The van der Waals surface area contributed by atoms with E-state index in [9.17, 15) is 4.79 Å². The highest BCUT2D eigenvalue weighted by Crippen LogP contribution is 2.29. The number of rotatable bonds is 4. The zero-order valence-electron chi connectivity index (χ0n) is 15.7. The Kier molecular flexibility index (Phi) is 5.12. The first kappa shape index (κ1) is 17.5. The van der Waals surface area contributed by atoms with E-state index < -0.39 is 0 Å². The van der Waals surface area contributed by atoms with Gasteiger partial charge in [0.25, 0.3) is 0 Å². The number of amides is 1. The number of carbonyl (C=O) groups is 1. The van der Waals surface area contributed by atoms with Crippen LogP contribution in [0.25, 0.3) is 0 Å². The zero-order valence-corrected chi connectivity index (χ0v) is 15.7. The van der Waals surface area contributed by atoms with Crippen molar-refractivity contribution >= 4 is 17.3 Å². The summed E-state index contributed by atoms with van der Waals surface area (Å²) in [4.78, 5) is 14.9. The molecule has 0 atom stereocenters. The number of nitrogens with zero attached hydrogens (tertiary/aromatic N) is 1. The molecule has 132 valence electrons. The first-order chi connectivity index (χ1) is 12.0. The van der Waals surface area contributed by atoms with E-state index in [2.05, 4.69) is 74.3 Å². The van der Waals surface area contributed by atoms with Crippen LogP contribution in [0.4, 0.5) is 11.4 Å². The van der Waals surface area contributed by atoms with E-state index in [1.807, 2.05) is 0 Å². The maximum atomic E-state index is 12.7. The number of hydrogen-bond acceptors (Lipinski definition) is 2. The molecule has 0 aliphatic carbocycles. The molecule has 0 bridgehead atoms. The van der Waals surface area contributed by atoms with Gasteiger partial charge in [0.05, 0.1) is 6.54 Å². The second-order valence-corrected chi connectivity index (χ2v) is 7.40. The van der Waals surface area contributed by atoms with Crippen molar-refractivity contribution < 1.29 is 4.79 Å². The Morgan fingerprint density at radius 1 is 1.20 bits per heavy atom. The van der Waals surface area contributed by atoms with E-state index in [1.54, 1.807) is 0 Å².